The van der Waals surface area contributed by atoms with Gasteiger partial charge in [-0.3, -0.25) is 4.79 Å². The van der Waals surface area contributed by atoms with E-state index in [1.165, 1.54) is 6.92 Å². The maximum atomic E-state index is 10.8. The van der Waals surface area contributed by atoms with Gasteiger partial charge in [0, 0.05) is 24.4 Å². The van der Waals surface area contributed by atoms with E-state index in [4.69, 9.17) is 0 Å². The molecule has 2 aromatic rings. The number of nitrogens with one attached hydrogen (secondary N) is 1. The molecule has 18 heavy (non-hydrogen) atoms. The van der Waals surface area contributed by atoms with Gasteiger partial charge >= 0.3 is 0 Å². The minimum Gasteiger partial charge on any atom is -0.389 e. The molecule has 1 aromatic heterocycles. The lowest BCUT2D eigenvalue weighted by Gasteiger charge is -2.17. The van der Waals surface area contributed by atoms with E-state index in [0.29, 0.717) is 5.56 Å². The van der Waals surface area contributed by atoms with Crippen LogP contribution in [0.2, 0.25) is 0 Å². The summed E-state index contributed by atoms with van der Waals surface area (Å²) in [6.07, 6.45) is -0.102. The first kappa shape index (κ1) is 13.1. The number of H-pyrrole nitrogens is 1. The monoisotopic (exact) mass is 265 g/mol. The van der Waals surface area contributed by atoms with Gasteiger partial charge in [-0.1, -0.05) is 17.8 Å². The third-order valence-corrected chi connectivity index (χ3v) is 3.66. The van der Waals surface area contributed by atoms with Crippen LogP contribution in [-0.2, 0) is 4.79 Å². The van der Waals surface area contributed by atoms with Gasteiger partial charge in [0.05, 0.1) is 6.10 Å². The van der Waals surface area contributed by atoms with Crippen LogP contribution in [0, 0.1) is 0 Å². The van der Waals surface area contributed by atoms with Crippen LogP contribution in [-0.4, -0.2) is 32.2 Å². The van der Waals surface area contributed by atoms with Gasteiger partial charge in [0.1, 0.15) is 6.10 Å². The highest BCUT2D eigenvalue weighted by Gasteiger charge is 2.19. The van der Waals surface area contributed by atoms with Crippen molar-refractivity contribution in [1.82, 2.24) is 4.98 Å². The summed E-state index contributed by atoms with van der Waals surface area (Å²) in [5, 5.41) is 20.7. The van der Waals surface area contributed by atoms with E-state index < -0.39 is 12.2 Å². The number of rotatable bonds is 4. The Labute approximate surface area is 109 Å². The van der Waals surface area contributed by atoms with Gasteiger partial charge in [0.2, 0.25) is 0 Å². The van der Waals surface area contributed by atoms with Crippen LogP contribution in [0.15, 0.2) is 30.5 Å². The predicted octanol–water partition coefficient (Wildman–Crippen LogP) is 1.84. The van der Waals surface area contributed by atoms with E-state index in [1.54, 1.807) is 6.07 Å². The maximum absolute atomic E-state index is 10.8. The Bertz CT molecular complexity index is 552. The Balaban J connectivity index is 2.11. The number of hydrogen-bond acceptors (Lipinski definition) is 4. The Morgan fingerprint density at radius 3 is 2.89 bits per heavy atom. The molecule has 2 unspecified atom stereocenters. The fourth-order valence-corrected chi connectivity index (χ4v) is 2.36. The van der Waals surface area contributed by atoms with Crippen molar-refractivity contribution < 1.29 is 15.0 Å². The third-order valence-electron chi connectivity index (χ3n) is 2.74. The molecule has 3 N–H and O–H groups in total. The molecule has 0 bridgehead atoms. The Kier molecular flexibility index (Phi) is 4.06. The number of carbonyl (C=O) groups excluding carboxylic acids is 1. The highest BCUT2D eigenvalue weighted by molar-refractivity contribution is 8.13. The Morgan fingerprint density at radius 1 is 1.39 bits per heavy atom. The fourth-order valence-electron chi connectivity index (χ4n) is 1.77. The number of carbonyl (C=O) groups is 1. The number of aliphatic hydroxyl groups excluding tert-OH is 2. The van der Waals surface area contributed by atoms with Crippen LogP contribution in [0.3, 0.4) is 0 Å². The summed E-state index contributed by atoms with van der Waals surface area (Å²) in [6, 6.07) is 7.37. The van der Waals surface area contributed by atoms with Crippen LogP contribution in [0.25, 0.3) is 10.9 Å². The number of hydrogen-bond donors (Lipinski definition) is 3. The van der Waals surface area contributed by atoms with Crippen LogP contribution in [0.4, 0.5) is 0 Å². The molecule has 1 heterocycles. The number of aromatic nitrogens is 1. The van der Waals surface area contributed by atoms with Gasteiger partial charge in [-0.2, -0.15) is 0 Å². The predicted molar refractivity (Wildman–Crippen MR) is 72.4 cm³/mol. The molecule has 2 atom stereocenters. The molecule has 0 radical (unpaired) electrons. The third kappa shape index (κ3) is 2.93. The first-order valence-electron chi connectivity index (χ1n) is 5.64. The van der Waals surface area contributed by atoms with E-state index in [0.717, 1.165) is 22.7 Å². The lowest BCUT2D eigenvalue weighted by molar-refractivity contribution is -0.109. The number of benzene rings is 1. The molecule has 96 valence electrons. The standard InChI is InChI=1S/C13H15NO3S/c1-8(15)18-7-12(16)13(17)10-2-3-11-9(6-10)4-5-14-11/h2-6,12-14,16-17H,7H2,1H3. The van der Waals surface area contributed by atoms with Crippen LogP contribution < -0.4 is 0 Å². The van der Waals surface area contributed by atoms with Crippen molar-refractivity contribution >= 4 is 27.8 Å². The first-order valence-corrected chi connectivity index (χ1v) is 6.63. The minimum atomic E-state index is -0.976. The van der Waals surface area contributed by atoms with E-state index >= 15 is 0 Å². The first-order chi connectivity index (χ1) is 8.58. The highest BCUT2D eigenvalue weighted by Crippen LogP contribution is 2.23. The average Bonchev–Trinajstić information content (AvgIpc) is 2.81. The molecular weight excluding hydrogens is 250 g/mol. The molecule has 5 heteroatoms. The Morgan fingerprint density at radius 2 is 2.17 bits per heavy atom. The van der Waals surface area contributed by atoms with Crippen molar-refractivity contribution in [2.75, 3.05) is 5.75 Å². The second kappa shape index (κ2) is 5.56. The van der Waals surface area contributed by atoms with E-state index in [2.05, 4.69) is 4.98 Å². The van der Waals surface area contributed by atoms with E-state index in [1.807, 2.05) is 24.4 Å². The Hall–Kier alpha value is -1.30. The second-order valence-corrected chi connectivity index (χ2v) is 5.34. The van der Waals surface area contributed by atoms with Gasteiger partial charge in [-0.25, -0.2) is 0 Å². The zero-order valence-corrected chi connectivity index (χ0v) is 10.8. The molecule has 0 aliphatic heterocycles. The smallest absolute Gasteiger partial charge is 0.185 e. The van der Waals surface area contributed by atoms with Gasteiger partial charge in [-0.15, -0.1) is 0 Å². The molecule has 0 aliphatic carbocycles. The number of fused-ring (bicyclic) bond motifs is 1. The van der Waals surface area contributed by atoms with Crippen molar-refractivity contribution in [3.8, 4) is 0 Å². The van der Waals surface area contributed by atoms with Crippen molar-refractivity contribution in [3.05, 3.63) is 36.0 Å². The lowest BCUT2D eigenvalue weighted by atomic mass is 10.0. The molecule has 0 saturated heterocycles. The summed E-state index contributed by atoms with van der Waals surface area (Å²) in [4.78, 5) is 13.9. The molecule has 0 fully saturated rings. The quantitative estimate of drug-likeness (QED) is 0.788. The summed E-state index contributed by atoms with van der Waals surface area (Å²) < 4.78 is 0. The summed E-state index contributed by atoms with van der Waals surface area (Å²) >= 11 is 1.01. The lowest BCUT2D eigenvalue weighted by Crippen LogP contribution is -2.21. The van der Waals surface area contributed by atoms with Crippen molar-refractivity contribution in [1.29, 1.82) is 0 Å². The van der Waals surface area contributed by atoms with E-state index in [-0.39, 0.29) is 10.9 Å². The van der Waals surface area contributed by atoms with Crippen LogP contribution in [0.5, 0.6) is 0 Å². The zero-order valence-electron chi connectivity index (χ0n) is 9.96. The molecule has 0 spiro atoms. The topological polar surface area (TPSA) is 73.3 Å². The summed E-state index contributed by atoms with van der Waals surface area (Å²) in [6.45, 7) is 1.44. The highest BCUT2D eigenvalue weighted by atomic mass is 32.2. The fraction of sp³-hybridized carbons (Fsp3) is 0.308. The van der Waals surface area contributed by atoms with Gasteiger partial charge in [0.25, 0.3) is 0 Å². The maximum Gasteiger partial charge on any atom is 0.185 e. The number of aliphatic hydroxyl groups is 2. The van der Waals surface area contributed by atoms with Gasteiger partial charge in [-0.05, 0) is 29.1 Å². The molecule has 0 saturated carbocycles. The molecule has 0 aliphatic rings. The summed E-state index contributed by atoms with van der Waals surface area (Å²) in [5.74, 6) is 0.196. The second-order valence-electron chi connectivity index (χ2n) is 4.14. The van der Waals surface area contributed by atoms with E-state index in [9.17, 15) is 15.0 Å². The average molecular weight is 265 g/mol. The van der Waals surface area contributed by atoms with Crippen molar-refractivity contribution in [2.45, 2.75) is 19.1 Å². The van der Waals surface area contributed by atoms with Crippen LogP contribution >= 0.6 is 11.8 Å². The normalized spacial score (nSPS) is 14.6. The molecule has 2 rings (SSSR count). The molecule has 4 nitrogen and oxygen atoms in total. The molecule has 0 amide bonds. The van der Waals surface area contributed by atoms with Gasteiger partial charge < -0.3 is 15.2 Å². The zero-order chi connectivity index (χ0) is 13.1. The largest absolute Gasteiger partial charge is 0.389 e. The number of aromatic amines is 1. The SMILES string of the molecule is CC(=O)SCC(O)C(O)c1ccc2[nH]ccc2c1. The van der Waals surface area contributed by atoms with Crippen LogP contribution in [0.1, 0.15) is 18.6 Å². The number of thioether (sulfide) groups is 1. The summed E-state index contributed by atoms with van der Waals surface area (Å²) in [7, 11) is 0. The summed E-state index contributed by atoms with van der Waals surface area (Å²) in [5.41, 5.74) is 1.64. The minimum absolute atomic E-state index is 0.0673. The molecular formula is C13H15NO3S. The molecule has 1 aromatic carbocycles. The van der Waals surface area contributed by atoms with Crippen molar-refractivity contribution in [2.24, 2.45) is 0 Å². The van der Waals surface area contributed by atoms with Gasteiger partial charge in [0.15, 0.2) is 5.12 Å². The van der Waals surface area contributed by atoms with Crippen molar-refractivity contribution in [3.63, 3.8) is 0 Å².